The highest BCUT2D eigenvalue weighted by Crippen LogP contribution is 2.49. The fraction of sp³-hybridized carbons (Fsp3) is 0.714. The van der Waals surface area contributed by atoms with Gasteiger partial charge < -0.3 is 10.6 Å². The standard InChI is InChI=1S/C14H21FN4/c1-2-16-14-18-8-12(15)13(19-14)17-7-11(9-3-4-9)10-5-6-10/h8-11H,2-7H2,1H3,(H2,16,17,18,19). The van der Waals surface area contributed by atoms with Crippen molar-refractivity contribution in [1.82, 2.24) is 9.97 Å². The molecule has 2 aliphatic carbocycles. The summed E-state index contributed by atoms with van der Waals surface area (Å²) >= 11 is 0. The van der Waals surface area contributed by atoms with Gasteiger partial charge in [-0.3, -0.25) is 0 Å². The molecule has 0 radical (unpaired) electrons. The van der Waals surface area contributed by atoms with Crippen LogP contribution in [0.25, 0.3) is 0 Å². The highest BCUT2D eigenvalue weighted by Gasteiger charge is 2.41. The molecule has 3 rings (SSSR count). The SMILES string of the molecule is CCNc1ncc(F)c(NCC(C2CC2)C2CC2)n1. The van der Waals surface area contributed by atoms with Gasteiger partial charge in [-0.1, -0.05) is 0 Å². The zero-order valence-corrected chi connectivity index (χ0v) is 11.3. The zero-order valence-electron chi connectivity index (χ0n) is 11.3. The number of nitrogens with one attached hydrogen (secondary N) is 2. The Kier molecular flexibility index (Phi) is 3.53. The molecule has 2 N–H and O–H groups in total. The lowest BCUT2D eigenvalue weighted by molar-refractivity contribution is 0.426. The molecular weight excluding hydrogens is 243 g/mol. The van der Waals surface area contributed by atoms with E-state index in [1.165, 1.54) is 31.9 Å². The van der Waals surface area contributed by atoms with E-state index >= 15 is 0 Å². The molecular formula is C14H21FN4. The quantitative estimate of drug-likeness (QED) is 0.795. The lowest BCUT2D eigenvalue weighted by Crippen LogP contribution is -2.20. The molecule has 2 aliphatic rings. The first kappa shape index (κ1) is 12.6. The lowest BCUT2D eigenvalue weighted by atomic mass is 9.98. The first-order valence-corrected chi connectivity index (χ1v) is 7.28. The van der Waals surface area contributed by atoms with E-state index in [0.717, 1.165) is 24.9 Å². The van der Waals surface area contributed by atoms with E-state index in [-0.39, 0.29) is 5.82 Å². The van der Waals surface area contributed by atoms with E-state index in [0.29, 0.717) is 17.7 Å². The third-order valence-corrected chi connectivity index (χ3v) is 4.04. The molecule has 5 heteroatoms. The van der Waals surface area contributed by atoms with Gasteiger partial charge in [-0.2, -0.15) is 4.98 Å². The highest BCUT2D eigenvalue weighted by molar-refractivity contribution is 5.41. The fourth-order valence-corrected chi connectivity index (χ4v) is 2.72. The molecule has 1 aromatic rings. The molecule has 0 amide bonds. The maximum Gasteiger partial charge on any atom is 0.224 e. The predicted molar refractivity (Wildman–Crippen MR) is 73.6 cm³/mol. The van der Waals surface area contributed by atoms with Crippen LogP contribution in [0.15, 0.2) is 6.20 Å². The second-order valence-electron chi connectivity index (χ2n) is 5.64. The Hall–Kier alpha value is -1.39. The summed E-state index contributed by atoms with van der Waals surface area (Å²) in [5.41, 5.74) is 0. The van der Waals surface area contributed by atoms with Crippen molar-refractivity contribution in [3.8, 4) is 0 Å². The third kappa shape index (κ3) is 3.14. The van der Waals surface area contributed by atoms with Gasteiger partial charge in [0.1, 0.15) is 0 Å². The summed E-state index contributed by atoms with van der Waals surface area (Å²) in [5.74, 6) is 2.87. The normalized spacial score (nSPS) is 18.7. The van der Waals surface area contributed by atoms with Crippen LogP contribution >= 0.6 is 0 Å². The maximum atomic E-state index is 13.7. The Morgan fingerprint density at radius 3 is 2.53 bits per heavy atom. The van der Waals surface area contributed by atoms with Crippen molar-refractivity contribution < 1.29 is 4.39 Å². The Morgan fingerprint density at radius 2 is 1.95 bits per heavy atom. The number of aromatic nitrogens is 2. The van der Waals surface area contributed by atoms with E-state index in [4.69, 9.17) is 0 Å². The number of halogens is 1. The van der Waals surface area contributed by atoms with Gasteiger partial charge in [0.05, 0.1) is 6.20 Å². The summed E-state index contributed by atoms with van der Waals surface area (Å²) in [6, 6.07) is 0. The van der Waals surface area contributed by atoms with Crippen molar-refractivity contribution in [1.29, 1.82) is 0 Å². The van der Waals surface area contributed by atoms with Crippen LogP contribution in [0.2, 0.25) is 0 Å². The van der Waals surface area contributed by atoms with E-state index in [1.54, 1.807) is 0 Å². The first-order chi connectivity index (χ1) is 9.28. The van der Waals surface area contributed by atoms with Gasteiger partial charge in [-0.15, -0.1) is 0 Å². The largest absolute Gasteiger partial charge is 0.367 e. The molecule has 0 unspecified atom stereocenters. The van der Waals surface area contributed by atoms with Gasteiger partial charge in [-0.05, 0) is 50.4 Å². The van der Waals surface area contributed by atoms with Gasteiger partial charge in [-0.25, -0.2) is 9.37 Å². The van der Waals surface area contributed by atoms with Crippen molar-refractivity contribution in [3.63, 3.8) is 0 Å². The molecule has 19 heavy (non-hydrogen) atoms. The van der Waals surface area contributed by atoms with Crippen LogP contribution in [0.5, 0.6) is 0 Å². The Bertz CT molecular complexity index is 431. The van der Waals surface area contributed by atoms with Crippen molar-refractivity contribution in [2.45, 2.75) is 32.6 Å². The summed E-state index contributed by atoms with van der Waals surface area (Å²) < 4.78 is 13.7. The fourth-order valence-electron chi connectivity index (χ4n) is 2.72. The van der Waals surface area contributed by atoms with Crippen molar-refractivity contribution >= 4 is 11.8 Å². The molecule has 1 aromatic heterocycles. The van der Waals surface area contributed by atoms with Gasteiger partial charge in [0.15, 0.2) is 11.6 Å². The Morgan fingerprint density at radius 1 is 1.26 bits per heavy atom. The van der Waals surface area contributed by atoms with Crippen LogP contribution in [-0.4, -0.2) is 23.1 Å². The molecule has 2 saturated carbocycles. The van der Waals surface area contributed by atoms with Gasteiger partial charge in [0.2, 0.25) is 5.95 Å². The maximum absolute atomic E-state index is 13.7. The van der Waals surface area contributed by atoms with E-state index < -0.39 is 0 Å². The third-order valence-electron chi connectivity index (χ3n) is 4.04. The summed E-state index contributed by atoms with van der Waals surface area (Å²) in [7, 11) is 0. The minimum Gasteiger partial charge on any atom is -0.367 e. The van der Waals surface area contributed by atoms with E-state index in [2.05, 4.69) is 20.6 Å². The number of hydrogen-bond acceptors (Lipinski definition) is 4. The minimum absolute atomic E-state index is 0.331. The van der Waals surface area contributed by atoms with Crippen LogP contribution in [0.4, 0.5) is 16.2 Å². The monoisotopic (exact) mass is 264 g/mol. The van der Waals surface area contributed by atoms with Crippen molar-refractivity contribution in [3.05, 3.63) is 12.0 Å². The summed E-state index contributed by atoms with van der Waals surface area (Å²) in [5, 5.41) is 6.19. The molecule has 0 aliphatic heterocycles. The van der Waals surface area contributed by atoms with Crippen LogP contribution in [0, 0.1) is 23.6 Å². The van der Waals surface area contributed by atoms with E-state index in [1.807, 2.05) is 6.92 Å². The average Bonchev–Trinajstić information content (AvgIpc) is 3.27. The molecule has 104 valence electrons. The summed E-state index contributed by atoms with van der Waals surface area (Å²) in [6.45, 7) is 3.54. The molecule has 0 bridgehead atoms. The van der Waals surface area contributed by atoms with Crippen LogP contribution in [0.1, 0.15) is 32.6 Å². The van der Waals surface area contributed by atoms with Gasteiger partial charge in [0, 0.05) is 13.1 Å². The lowest BCUT2D eigenvalue weighted by Gasteiger charge is -2.17. The topological polar surface area (TPSA) is 49.8 Å². The summed E-state index contributed by atoms with van der Waals surface area (Å²) in [6.07, 6.45) is 6.61. The number of anilines is 2. The highest BCUT2D eigenvalue weighted by atomic mass is 19.1. The molecule has 0 saturated heterocycles. The Balaban J connectivity index is 1.62. The molecule has 2 fully saturated rings. The number of nitrogens with zero attached hydrogens (tertiary/aromatic N) is 2. The van der Waals surface area contributed by atoms with Crippen LogP contribution < -0.4 is 10.6 Å². The van der Waals surface area contributed by atoms with Gasteiger partial charge in [0.25, 0.3) is 0 Å². The molecule has 1 heterocycles. The van der Waals surface area contributed by atoms with Crippen molar-refractivity contribution in [2.24, 2.45) is 17.8 Å². The second kappa shape index (κ2) is 5.31. The van der Waals surface area contributed by atoms with Crippen LogP contribution in [-0.2, 0) is 0 Å². The first-order valence-electron chi connectivity index (χ1n) is 7.28. The predicted octanol–water partition coefficient (Wildman–Crippen LogP) is 2.90. The Labute approximate surface area is 113 Å². The second-order valence-corrected chi connectivity index (χ2v) is 5.64. The van der Waals surface area contributed by atoms with Crippen LogP contribution in [0.3, 0.4) is 0 Å². The van der Waals surface area contributed by atoms with E-state index in [9.17, 15) is 4.39 Å². The molecule has 4 nitrogen and oxygen atoms in total. The summed E-state index contributed by atoms with van der Waals surface area (Å²) in [4.78, 5) is 8.10. The van der Waals surface area contributed by atoms with Crippen molar-refractivity contribution in [2.75, 3.05) is 23.7 Å². The average molecular weight is 264 g/mol. The molecule has 0 spiro atoms. The minimum atomic E-state index is -0.369. The molecule has 0 aromatic carbocycles. The van der Waals surface area contributed by atoms with Gasteiger partial charge >= 0.3 is 0 Å². The molecule has 0 atom stereocenters. The zero-order chi connectivity index (χ0) is 13.2. The number of rotatable bonds is 7. The smallest absolute Gasteiger partial charge is 0.224 e. The number of hydrogen-bond donors (Lipinski definition) is 2.